The van der Waals surface area contributed by atoms with Gasteiger partial charge in [-0.05, 0) is 31.4 Å². The van der Waals surface area contributed by atoms with Gasteiger partial charge in [0.05, 0.1) is 11.4 Å². The summed E-state index contributed by atoms with van der Waals surface area (Å²) in [6, 6.07) is 12.4. The van der Waals surface area contributed by atoms with Crippen molar-refractivity contribution in [2.24, 2.45) is 0 Å². The standard InChI is InChI=1S/C20H21N3O2S2/c1-13(18(24)21-11-15-8-5-9-25-15)26-19-16-10-17(14-6-3-2-4-7-14)27-20(16)23-12-22-19/h2-4,6-7,10,12-13,15H,5,8-9,11H2,1H3,(H,21,24)/t13-,15+/m1/s1. The lowest BCUT2D eigenvalue weighted by Crippen LogP contribution is -2.36. The minimum atomic E-state index is -0.232. The quantitative estimate of drug-likeness (QED) is 0.499. The van der Waals surface area contributed by atoms with Gasteiger partial charge in [-0.1, -0.05) is 42.1 Å². The van der Waals surface area contributed by atoms with Gasteiger partial charge in [0.1, 0.15) is 16.2 Å². The molecule has 0 spiro atoms. The molecule has 1 amide bonds. The van der Waals surface area contributed by atoms with Gasteiger partial charge in [-0.25, -0.2) is 9.97 Å². The van der Waals surface area contributed by atoms with E-state index in [1.165, 1.54) is 17.3 Å². The fraction of sp³-hybridized carbons (Fsp3) is 0.350. The minimum absolute atomic E-state index is 0.0146. The number of fused-ring (bicyclic) bond motifs is 1. The molecule has 2 aromatic heterocycles. The predicted octanol–water partition coefficient (Wildman–Crippen LogP) is 4.13. The molecule has 0 unspecified atom stereocenters. The molecule has 0 radical (unpaired) electrons. The Morgan fingerprint density at radius 3 is 3.00 bits per heavy atom. The van der Waals surface area contributed by atoms with Crippen LogP contribution in [0.1, 0.15) is 19.8 Å². The second kappa shape index (κ2) is 8.37. The first-order valence-electron chi connectivity index (χ1n) is 9.06. The van der Waals surface area contributed by atoms with E-state index in [1.807, 2.05) is 25.1 Å². The van der Waals surface area contributed by atoms with Crippen LogP contribution in [0.3, 0.4) is 0 Å². The molecule has 5 nitrogen and oxygen atoms in total. The summed E-state index contributed by atoms with van der Waals surface area (Å²) in [5.41, 5.74) is 1.17. The van der Waals surface area contributed by atoms with Crippen LogP contribution in [0.5, 0.6) is 0 Å². The van der Waals surface area contributed by atoms with Gasteiger partial charge in [0.25, 0.3) is 0 Å². The summed E-state index contributed by atoms with van der Waals surface area (Å²) in [6.07, 6.45) is 3.83. The first-order valence-corrected chi connectivity index (χ1v) is 10.8. The number of carbonyl (C=O) groups is 1. The third-order valence-corrected chi connectivity index (χ3v) is 6.75. The highest BCUT2D eigenvalue weighted by molar-refractivity contribution is 8.00. The van der Waals surface area contributed by atoms with Crippen LogP contribution in [-0.2, 0) is 9.53 Å². The van der Waals surface area contributed by atoms with E-state index in [4.69, 9.17) is 4.74 Å². The summed E-state index contributed by atoms with van der Waals surface area (Å²) in [6.45, 7) is 3.29. The lowest BCUT2D eigenvalue weighted by Gasteiger charge is -2.14. The van der Waals surface area contributed by atoms with Crippen LogP contribution in [0.4, 0.5) is 0 Å². The van der Waals surface area contributed by atoms with Crippen LogP contribution in [0.15, 0.2) is 47.8 Å². The number of aromatic nitrogens is 2. The van der Waals surface area contributed by atoms with Gasteiger partial charge in [0.2, 0.25) is 5.91 Å². The highest BCUT2D eigenvalue weighted by Crippen LogP contribution is 2.37. The Morgan fingerprint density at radius 2 is 2.22 bits per heavy atom. The molecule has 140 valence electrons. The number of thioether (sulfide) groups is 1. The van der Waals surface area contributed by atoms with E-state index >= 15 is 0 Å². The van der Waals surface area contributed by atoms with Gasteiger partial charge in [-0.15, -0.1) is 11.3 Å². The number of benzene rings is 1. The molecule has 1 aliphatic rings. The van der Waals surface area contributed by atoms with Gasteiger partial charge >= 0.3 is 0 Å². The zero-order chi connectivity index (χ0) is 18.6. The number of hydrogen-bond donors (Lipinski definition) is 1. The molecule has 27 heavy (non-hydrogen) atoms. The number of carbonyl (C=O) groups excluding carboxylic acids is 1. The summed E-state index contributed by atoms with van der Waals surface area (Å²) in [4.78, 5) is 23.4. The molecule has 0 saturated carbocycles. The van der Waals surface area contributed by atoms with Crippen molar-refractivity contribution in [1.29, 1.82) is 0 Å². The second-order valence-electron chi connectivity index (χ2n) is 6.51. The molecule has 7 heteroatoms. The molecule has 1 aliphatic heterocycles. The fourth-order valence-electron chi connectivity index (χ4n) is 3.06. The highest BCUT2D eigenvalue weighted by atomic mass is 32.2. The molecular weight excluding hydrogens is 378 g/mol. The third kappa shape index (κ3) is 4.31. The van der Waals surface area contributed by atoms with Crippen LogP contribution >= 0.6 is 23.1 Å². The first-order chi connectivity index (χ1) is 13.2. The number of nitrogens with zero attached hydrogens (tertiary/aromatic N) is 2. The SMILES string of the molecule is C[C@@H](Sc1ncnc2sc(-c3ccccc3)cc12)C(=O)NC[C@@H]1CCCO1. The molecule has 4 rings (SSSR count). The highest BCUT2D eigenvalue weighted by Gasteiger charge is 2.21. The van der Waals surface area contributed by atoms with Gasteiger partial charge in [-0.3, -0.25) is 4.79 Å². The lowest BCUT2D eigenvalue weighted by atomic mass is 10.2. The lowest BCUT2D eigenvalue weighted by molar-refractivity contribution is -0.120. The van der Waals surface area contributed by atoms with Crippen LogP contribution in [0.25, 0.3) is 20.7 Å². The topological polar surface area (TPSA) is 64.1 Å². The Kier molecular flexibility index (Phi) is 5.71. The van der Waals surface area contributed by atoms with E-state index in [0.717, 1.165) is 39.6 Å². The molecule has 1 saturated heterocycles. The van der Waals surface area contributed by atoms with Crippen molar-refractivity contribution in [3.8, 4) is 10.4 Å². The molecular formula is C20H21N3O2S2. The Hall–Kier alpha value is -1.96. The van der Waals surface area contributed by atoms with Crippen molar-refractivity contribution in [3.63, 3.8) is 0 Å². The van der Waals surface area contributed by atoms with Crippen LogP contribution in [0, 0.1) is 0 Å². The van der Waals surface area contributed by atoms with E-state index in [9.17, 15) is 4.79 Å². The van der Waals surface area contributed by atoms with E-state index in [2.05, 4.69) is 33.5 Å². The smallest absolute Gasteiger partial charge is 0.233 e. The zero-order valence-electron chi connectivity index (χ0n) is 15.1. The predicted molar refractivity (Wildman–Crippen MR) is 110 cm³/mol. The summed E-state index contributed by atoms with van der Waals surface area (Å²) in [5, 5.41) is 4.62. The van der Waals surface area contributed by atoms with Crippen molar-refractivity contribution in [3.05, 3.63) is 42.7 Å². The monoisotopic (exact) mass is 399 g/mol. The van der Waals surface area contributed by atoms with Crippen LogP contribution in [-0.4, -0.2) is 40.4 Å². The van der Waals surface area contributed by atoms with Crippen LogP contribution < -0.4 is 5.32 Å². The molecule has 1 fully saturated rings. The van der Waals surface area contributed by atoms with E-state index in [1.54, 1.807) is 17.7 Å². The fourth-order valence-corrected chi connectivity index (χ4v) is 5.04. The minimum Gasteiger partial charge on any atom is -0.376 e. The van der Waals surface area contributed by atoms with Crippen molar-refractivity contribution in [1.82, 2.24) is 15.3 Å². The summed E-state index contributed by atoms with van der Waals surface area (Å²) < 4.78 is 5.56. The molecule has 3 aromatic rings. The first kappa shape index (κ1) is 18.4. The van der Waals surface area contributed by atoms with Crippen molar-refractivity contribution < 1.29 is 9.53 Å². The van der Waals surface area contributed by atoms with Gasteiger partial charge < -0.3 is 10.1 Å². The van der Waals surface area contributed by atoms with Gasteiger partial charge in [0.15, 0.2) is 0 Å². The normalized spacial score (nSPS) is 17.9. The van der Waals surface area contributed by atoms with E-state index < -0.39 is 0 Å². The van der Waals surface area contributed by atoms with Crippen LogP contribution in [0.2, 0.25) is 0 Å². The average Bonchev–Trinajstić information content (AvgIpc) is 3.37. The number of thiophene rings is 1. The molecule has 1 aromatic carbocycles. The second-order valence-corrected chi connectivity index (χ2v) is 8.87. The third-order valence-electron chi connectivity index (χ3n) is 4.54. The number of nitrogens with one attached hydrogen (secondary N) is 1. The Bertz CT molecular complexity index is 923. The molecule has 1 N–H and O–H groups in total. The molecule has 2 atom stereocenters. The maximum absolute atomic E-state index is 12.4. The molecule has 0 aliphatic carbocycles. The van der Waals surface area contributed by atoms with E-state index in [-0.39, 0.29) is 17.3 Å². The van der Waals surface area contributed by atoms with Crippen molar-refractivity contribution >= 4 is 39.2 Å². The Labute approximate surface area is 166 Å². The molecule has 3 heterocycles. The number of ether oxygens (including phenoxy) is 1. The number of hydrogen-bond acceptors (Lipinski definition) is 6. The Morgan fingerprint density at radius 1 is 1.37 bits per heavy atom. The summed E-state index contributed by atoms with van der Waals surface area (Å²) >= 11 is 3.12. The number of amides is 1. The summed E-state index contributed by atoms with van der Waals surface area (Å²) in [5.74, 6) is 0.0146. The maximum atomic E-state index is 12.4. The largest absolute Gasteiger partial charge is 0.376 e. The van der Waals surface area contributed by atoms with Crippen molar-refractivity contribution in [2.45, 2.75) is 36.1 Å². The van der Waals surface area contributed by atoms with Gasteiger partial charge in [0, 0.05) is 23.4 Å². The van der Waals surface area contributed by atoms with E-state index in [0.29, 0.717) is 6.54 Å². The average molecular weight is 400 g/mol. The van der Waals surface area contributed by atoms with Gasteiger partial charge in [-0.2, -0.15) is 0 Å². The number of rotatable bonds is 6. The zero-order valence-corrected chi connectivity index (χ0v) is 16.7. The summed E-state index contributed by atoms with van der Waals surface area (Å²) in [7, 11) is 0. The Balaban J connectivity index is 1.48. The van der Waals surface area contributed by atoms with Crippen molar-refractivity contribution in [2.75, 3.05) is 13.2 Å². The molecule has 0 bridgehead atoms. The maximum Gasteiger partial charge on any atom is 0.233 e.